The van der Waals surface area contributed by atoms with Crippen LogP contribution in [-0.2, 0) is 5.41 Å². The Balaban J connectivity index is 2.11. The van der Waals surface area contributed by atoms with Crippen LogP contribution in [0.3, 0.4) is 0 Å². The zero-order valence-electron chi connectivity index (χ0n) is 14.2. The molecule has 0 fully saturated rings. The van der Waals surface area contributed by atoms with Crippen molar-refractivity contribution in [3.05, 3.63) is 82.4 Å². The minimum atomic E-state index is 0.0709. The number of rotatable bonds is 2. The van der Waals surface area contributed by atoms with Gasteiger partial charge in [-0.25, -0.2) is 0 Å². The molecule has 0 unspecified atom stereocenters. The van der Waals surface area contributed by atoms with Gasteiger partial charge in [0.15, 0.2) is 0 Å². The Morgan fingerprint density at radius 2 is 1.64 bits per heavy atom. The summed E-state index contributed by atoms with van der Waals surface area (Å²) in [6.07, 6.45) is 2.38. The van der Waals surface area contributed by atoms with E-state index in [2.05, 4.69) is 89.2 Å². The average Bonchev–Trinajstić information content (AvgIpc) is 2.69. The highest BCUT2D eigenvalue weighted by atomic mass is 14.4. The van der Waals surface area contributed by atoms with Gasteiger partial charge in [0.05, 0.1) is 0 Å². The third kappa shape index (κ3) is 2.33. The molecule has 2 aromatic rings. The molecule has 112 valence electrons. The van der Waals surface area contributed by atoms with Crippen LogP contribution in [0, 0.1) is 6.92 Å². The molecule has 0 spiro atoms. The molecule has 0 radical (unpaired) electrons. The van der Waals surface area contributed by atoms with Crippen LogP contribution in [0.4, 0.5) is 0 Å². The van der Waals surface area contributed by atoms with Gasteiger partial charge in [-0.3, -0.25) is 0 Å². The van der Waals surface area contributed by atoms with E-state index in [-0.39, 0.29) is 5.41 Å². The largest absolute Gasteiger partial charge is 0.0622 e. The molecule has 2 aromatic carbocycles. The Kier molecular flexibility index (Phi) is 3.56. The van der Waals surface area contributed by atoms with Crippen molar-refractivity contribution in [1.29, 1.82) is 0 Å². The summed E-state index contributed by atoms with van der Waals surface area (Å²) in [6, 6.07) is 17.5. The summed E-state index contributed by atoms with van der Waals surface area (Å²) in [5, 5.41) is 0. The molecule has 22 heavy (non-hydrogen) atoms. The second-order valence-electron chi connectivity index (χ2n) is 6.91. The fourth-order valence-corrected chi connectivity index (χ4v) is 3.55. The standard InChI is InChI=1S/C22H24/c1-15-11-12-19-17(3)20(22(4,5)21(19)13-15)14-16(2)18-9-7-6-8-10-18/h6-14H,1-5H3/b16-14+. The van der Waals surface area contributed by atoms with Gasteiger partial charge in [-0.15, -0.1) is 0 Å². The maximum absolute atomic E-state index is 2.38. The van der Waals surface area contributed by atoms with Gasteiger partial charge in [0.1, 0.15) is 0 Å². The second kappa shape index (κ2) is 5.28. The smallest absolute Gasteiger partial charge is 0.0155 e. The van der Waals surface area contributed by atoms with Gasteiger partial charge in [0, 0.05) is 5.41 Å². The summed E-state index contributed by atoms with van der Waals surface area (Å²) in [4.78, 5) is 0. The molecule has 0 heterocycles. The first-order valence-electron chi connectivity index (χ1n) is 7.98. The van der Waals surface area contributed by atoms with E-state index in [1.165, 1.54) is 39.0 Å². The van der Waals surface area contributed by atoms with E-state index in [4.69, 9.17) is 0 Å². The molecular weight excluding hydrogens is 264 g/mol. The fraction of sp³-hybridized carbons (Fsp3) is 0.273. The Bertz CT molecular complexity index is 771. The summed E-state index contributed by atoms with van der Waals surface area (Å²) in [6.45, 7) is 11.3. The van der Waals surface area contributed by atoms with Crippen LogP contribution in [0.5, 0.6) is 0 Å². The summed E-state index contributed by atoms with van der Waals surface area (Å²) in [5.74, 6) is 0. The quantitative estimate of drug-likeness (QED) is 0.620. The topological polar surface area (TPSA) is 0 Å². The lowest BCUT2D eigenvalue weighted by Crippen LogP contribution is -2.16. The van der Waals surface area contributed by atoms with Crippen LogP contribution >= 0.6 is 0 Å². The first-order chi connectivity index (χ1) is 10.4. The molecule has 0 saturated heterocycles. The van der Waals surface area contributed by atoms with Crippen molar-refractivity contribution >= 4 is 11.1 Å². The van der Waals surface area contributed by atoms with E-state index in [9.17, 15) is 0 Å². The molecule has 0 N–H and O–H groups in total. The molecular formula is C22H24. The molecule has 0 nitrogen and oxygen atoms in total. The monoisotopic (exact) mass is 288 g/mol. The van der Waals surface area contributed by atoms with Crippen LogP contribution in [0.25, 0.3) is 11.1 Å². The number of fused-ring (bicyclic) bond motifs is 1. The molecule has 0 saturated carbocycles. The molecule has 0 bridgehead atoms. The minimum Gasteiger partial charge on any atom is -0.0622 e. The predicted octanol–water partition coefficient (Wildman–Crippen LogP) is 6.16. The van der Waals surface area contributed by atoms with E-state index in [1.807, 2.05) is 0 Å². The van der Waals surface area contributed by atoms with E-state index in [1.54, 1.807) is 0 Å². The van der Waals surface area contributed by atoms with Crippen LogP contribution in [-0.4, -0.2) is 0 Å². The van der Waals surface area contributed by atoms with Crippen LogP contribution in [0.2, 0.25) is 0 Å². The summed E-state index contributed by atoms with van der Waals surface area (Å²) in [7, 11) is 0. The lowest BCUT2D eigenvalue weighted by Gasteiger charge is -2.24. The van der Waals surface area contributed by atoms with Gasteiger partial charge >= 0.3 is 0 Å². The van der Waals surface area contributed by atoms with Gasteiger partial charge in [-0.2, -0.15) is 0 Å². The maximum Gasteiger partial charge on any atom is 0.0155 e. The molecule has 0 amide bonds. The fourth-order valence-electron chi connectivity index (χ4n) is 3.55. The Morgan fingerprint density at radius 1 is 0.955 bits per heavy atom. The third-order valence-corrected chi connectivity index (χ3v) is 4.92. The SMILES string of the molecule is CC1=C(/C=C(\C)c2ccccc2)C(C)(C)c2cc(C)ccc21. The van der Waals surface area contributed by atoms with Crippen LogP contribution < -0.4 is 0 Å². The van der Waals surface area contributed by atoms with Gasteiger partial charge in [0.2, 0.25) is 0 Å². The first kappa shape index (κ1) is 14.8. The zero-order valence-corrected chi connectivity index (χ0v) is 14.2. The normalized spacial score (nSPS) is 16.9. The van der Waals surface area contributed by atoms with Gasteiger partial charge in [0.25, 0.3) is 0 Å². The number of allylic oxidation sites excluding steroid dienone is 4. The van der Waals surface area contributed by atoms with E-state index in [0.29, 0.717) is 0 Å². The molecule has 0 aliphatic heterocycles. The van der Waals surface area contributed by atoms with Crippen molar-refractivity contribution in [2.75, 3.05) is 0 Å². The number of hydrogen-bond acceptors (Lipinski definition) is 0. The average molecular weight is 288 g/mol. The Hall–Kier alpha value is -2.08. The molecule has 0 heteroatoms. The van der Waals surface area contributed by atoms with Crippen molar-refractivity contribution in [3.8, 4) is 0 Å². The van der Waals surface area contributed by atoms with Crippen molar-refractivity contribution in [3.63, 3.8) is 0 Å². The highest BCUT2D eigenvalue weighted by Gasteiger charge is 2.34. The highest BCUT2D eigenvalue weighted by Crippen LogP contribution is 2.47. The molecule has 1 aliphatic rings. The van der Waals surface area contributed by atoms with Crippen molar-refractivity contribution in [1.82, 2.24) is 0 Å². The Labute approximate surface area is 134 Å². The predicted molar refractivity (Wildman–Crippen MR) is 96.9 cm³/mol. The first-order valence-corrected chi connectivity index (χ1v) is 7.98. The van der Waals surface area contributed by atoms with Gasteiger partial charge in [-0.05, 0) is 54.2 Å². The summed E-state index contributed by atoms with van der Waals surface area (Å²) >= 11 is 0. The number of aryl methyl sites for hydroxylation is 1. The van der Waals surface area contributed by atoms with E-state index >= 15 is 0 Å². The minimum absolute atomic E-state index is 0.0709. The van der Waals surface area contributed by atoms with Gasteiger partial charge in [-0.1, -0.05) is 74.0 Å². The van der Waals surface area contributed by atoms with Crippen LogP contribution in [0.1, 0.15) is 49.9 Å². The second-order valence-corrected chi connectivity index (χ2v) is 6.91. The molecule has 3 rings (SSSR count). The lowest BCUT2D eigenvalue weighted by molar-refractivity contribution is 0.653. The van der Waals surface area contributed by atoms with E-state index < -0.39 is 0 Å². The third-order valence-electron chi connectivity index (χ3n) is 4.92. The maximum atomic E-state index is 2.38. The van der Waals surface area contributed by atoms with E-state index in [0.717, 1.165) is 0 Å². The number of hydrogen-bond donors (Lipinski definition) is 0. The Morgan fingerprint density at radius 3 is 2.32 bits per heavy atom. The molecule has 0 aromatic heterocycles. The lowest BCUT2D eigenvalue weighted by atomic mass is 9.80. The van der Waals surface area contributed by atoms with Crippen molar-refractivity contribution in [2.24, 2.45) is 0 Å². The molecule has 0 atom stereocenters. The number of benzene rings is 2. The van der Waals surface area contributed by atoms with Crippen molar-refractivity contribution < 1.29 is 0 Å². The molecule has 1 aliphatic carbocycles. The summed E-state index contributed by atoms with van der Waals surface area (Å²) in [5.41, 5.74) is 9.74. The van der Waals surface area contributed by atoms with Crippen molar-refractivity contribution in [2.45, 2.75) is 40.0 Å². The zero-order chi connectivity index (χ0) is 15.9. The highest BCUT2D eigenvalue weighted by molar-refractivity contribution is 5.84. The van der Waals surface area contributed by atoms with Crippen LogP contribution in [0.15, 0.2) is 60.2 Å². The summed E-state index contributed by atoms with van der Waals surface area (Å²) < 4.78 is 0. The van der Waals surface area contributed by atoms with Gasteiger partial charge < -0.3 is 0 Å².